The van der Waals surface area contributed by atoms with Crippen molar-refractivity contribution in [1.29, 1.82) is 0 Å². The Hall–Kier alpha value is -0.710. The van der Waals surface area contributed by atoms with Gasteiger partial charge in [0.2, 0.25) is 0 Å². The van der Waals surface area contributed by atoms with E-state index in [0.717, 1.165) is 0 Å². The maximum Gasteiger partial charge on any atom is 0.410 e. The highest BCUT2D eigenvalue weighted by molar-refractivity contribution is 8.14. The highest BCUT2D eigenvalue weighted by Crippen LogP contribution is 2.26. The van der Waals surface area contributed by atoms with Crippen molar-refractivity contribution in [3.8, 4) is 0 Å². The molecule has 0 spiro atoms. The Balaban J connectivity index is 4.23. The molecule has 5 heteroatoms. The molecular weight excluding hydrogens is 274 g/mol. The predicted octanol–water partition coefficient (Wildman–Crippen LogP) is 3.94. The van der Waals surface area contributed by atoms with Crippen molar-refractivity contribution in [2.75, 3.05) is 13.6 Å². The van der Waals surface area contributed by atoms with Gasteiger partial charge < -0.3 is 9.64 Å². The molecule has 1 unspecified atom stereocenters. The number of hydrogen-bond donors (Lipinski definition) is 0. The standard InChI is InChI=1S/C15H29NO3S/c1-11(9-12(17)20-15(5,6)7)10-16(8)13(18)19-14(2,3)4/h11H,9-10H2,1-8H3. The summed E-state index contributed by atoms with van der Waals surface area (Å²) in [7, 11) is 1.70. The molecule has 1 atom stereocenters. The minimum absolute atomic E-state index is 0.0616. The Morgan fingerprint density at radius 1 is 1.15 bits per heavy atom. The fourth-order valence-corrected chi connectivity index (χ4v) is 2.66. The molecule has 0 rings (SSSR count). The maximum absolute atomic E-state index is 11.9. The summed E-state index contributed by atoms with van der Waals surface area (Å²) in [4.78, 5) is 25.2. The van der Waals surface area contributed by atoms with Gasteiger partial charge in [-0.3, -0.25) is 4.79 Å². The predicted molar refractivity (Wildman–Crippen MR) is 85.0 cm³/mol. The third-order valence-corrected chi connectivity index (χ3v) is 3.23. The van der Waals surface area contributed by atoms with Gasteiger partial charge in [-0.2, -0.15) is 0 Å². The van der Waals surface area contributed by atoms with Crippen LogP contribution in [0.15, 0.2) is 0 Å². The van der Waals surface area contributed by atoms with Gasteiger partial charge >= 0.3 is 6.09 Å². The average molecular weight is 303 g/mol. The van der Waals surface area contributed by atoms with Gasteiger partial charge in [0.25, 0.3) is 0 Å². The number of ether oxygens (including phenoxy) is 1. The minimum atomic E-state index is -0.494. The lowest BCUT2D eigenvalue weighted by molar-refractivity contribution is -0.111. The van der Waals surface area contributed by atoms with Gasteiger partial charge in [-0.25, -0.2) is 4.79 Å². The molecule has 0 aromatic carbocycles. The lowest BCUT2D eigenvalue weighted by atomic mass is 10.1. The average Bonchev–Trinajstić information content (AvgIpc) is 2.10. The normalized spacial score (nSPS) is 13.8. The second-order valence-electron chi connectivity index (χ2n) is 7.26. The molecule has 0 aromatic rings. The van der Waals surface area contributed by atoms with Crippen LogP contribution in [0.4, 0.5) is 4.79 Å². The molecule has 0 saturated carbocycles. The summed E-state index contributed by atoms with van der Waals surface area (Å²) >= 11 is 1.36. The fourth-order valence-electron chi connectivity index (χ4n) is 1.61. The van der Waals surface area contributed by atoms with Crippen LogP contribution in [0.2, 0.25) is 0 Å². The Kier molecular flexibility index (Phi) is 7.08. The van der Waals surface area contributed by atoms with Gasteiger partial charge in [-0.1, -0.05) is 39.5 Å². The molecule has 0 aliphatic rings. The van der Waals surface area contributed by atoms with E-state index in [1.807, 2.05) is 48.5 Å². The monoisotopic (exact) mass is 303 g/mol. The van der Waals surface area contributed by atoms with Crippen molar-refractivity contribution < 1.29 is 14.3 Å². The molecule has 0 radical (unpaired) electrons. The highest BCUT2D eigenvalue weighted by atomic mass is 32.2. The molecule has 0 aliphatic heterocycles. The molecule has 1 amide bonds. The summed E-state index contributed by atoms with van der Waals surface area (Å²) in [6.07, 6.45) is 0.120. The topological polar surface area (TPSA) is 46.6 Å². The van der Waals surface area contributed by atoms with Crippen LogP contribution in [0.1, 0.15) is 54.9 Å². The van der Waals surface area contributed by atoms with E-state index in [1.54, 1.807) is 7.05 Å². The fraction of sp³-hybridized carbons (Fsp3) is 0.867. The Labute approximate surface area is 127 Å². The van der Waals surface area contributed by atoms with E-state index in [4.69, 9.17) is 4.74 Å². The molecule has 0 heterocycles. The van der Waals surface area contributed by atoms with Gasteiger partial charge in [-0.05, 0) is 26.7 Å². The third-order valence-electron chi connectivity index (χ3n) is 2.23. The van der Waals surface area contributed by atoms with Crippen LogP contribution >= 0.6 is 11.8 Å². The minimum Gasteiger partial charge on any atom is -0.444 e. The Morgan fingerprint density at radius 2 is 1.65 bits per heavy atom. The molecule has 20 heavy (non-hydrogen) atoms. The molecule has 0 N–H and O–H groups in total. The van der Waals surface area contributed by atoms with Crippen LogP contribution in [0.5, 0.6) is 0 Å². The van der Waals surface area contributed by atoms with Gasteiger partial charge in [-0.15, -0.1) is 0 Å². The number of carbonyl (C=O) groups excluding carboxylic acids is 2. The van der Waals surface area contributed by atoms with Crippen LogP contribution < -0.4 is 0 Å². The molecule has 4 nitrogen and oxygen atoms in total. The van der Waals surface area contributed by atoms with Crippen molar-refractivity contribution in [3.63, 3.8) is 0 Å². The number of thioether (sulfide) groups is 1. The molecule has 0 aliphatic carbocycles. The Morgan fingerprint density at radius 3 is 2.05 bits per heavy atom. The first-order valence-corrected chi connectivity index (χ1v) is 7.78. The van der Waals surface area contributed by atoms with E-state index >= 15 is 0 Å². The number of amides is 1. The van der Waals surface area contributed by atoms with Crippen LogP contribution in [0.3, 0.4) is 0 Å². The summed E-state index contributed by atoms with van der Waals surface area (Å²) in [6, 6.07) is 0. The van der Waals surface area contributed by atoms with E-state index in [-0.39, 0.29) is 21.9 Å². The maximum atomic E-state index is 11.9. The van der Waals surface area contributed by atoms with Crippen molar-refractivity contribution in [2.45, 2.75) is 65.2 Å². The third kappa shape index (κ3) is 10.1. The number of rotatable bonds is 4. The second-order valence-corrected chi connectivity index (χ2v) is 9.14. The lowest BCUT2D eigenvalue weighted by Crippen LogP contribution is -2.36. The summed E-state index contributed by atoms with van der Waals surface area (Å²) in [5, 5.41) is 0.169. The summed E-state index contributed by atoms with van der Waals surface area (Å²) < 4.78 is 5.22. The van der Waals surface area contributed by atoms with Crippen LogP contribution in [-0.2, 0) is 9.53 Å². The number of carbonyl (C=O) groups is 2. The number of nitrogens with zero attached hydrogens (tertiary/aromatic N) is 1. The van der Waals surface area contributed by atoms with Crippen LogP contribution in [0.25, 0.3) is 0 Å². The molecular formula is C15H29NO3S. The smallest absolute Gasteiger partial charge is 0.410 e. The van der Waals surface area contributed by atoms with Crippen molar-refractivity contribution in [3.05, 3.63) is 0 Å². The zero-order chi connectivity index (χ0) is 16.1. The van der Waals surface area contributed by atoms with E-state index in [9.17, 15) is 9.59 Å². The van der Waals surface area contributed by atoms with E-state index in [1.165, 1.54) is 16.7 Å². The van der Waals surface area contributed by atoms with Crippen molar-refractivity contribution in [1.82, 2.24) is 4.90 Å². The largest absolute Gasteiger partial charge is 0.444 e. The van der Waals surface area contributed by atoms with E-state index in [2.05, 4.69) is 0 Å². The van der Waals surface area contributed by atoms with Gasteiger partial charge in [0.15, 0.2) is 5.12 Å². The van der Waals surface area contributed by atoms with E-state index < -0.39 is 5.60 Å². The highest BCUT2D eigenvalue weighted by Gasteiger charge is 2.23. The summed E-state index contributed by atoms with van der Waals surface area (Å²) in [5.74, 6) is 0.120. The lowest BCUT2D eigenvalue weighted by Gasteiger charge is -2.26. The first-order valence-electron chi connectivity index (χ1n) is 6.96. The molecule has 0 bridgehead atoms. The quantitative estimate of drug-likeness (QED) is 0.789. The van der Waals surface area contributed by atoms with Crippen molar-refractivity contribution >= 4 is 23.0 Å². The zero-order valence-electron chi connectivity index (χ0n) is 14.1. The second kappa shape index (κ2) is 7.34. The summed E-state index contributed by atoms with van der Waals surface area (Å²) in [6.45, 7) is 14.1. The first kappa shape index (κ1) is 19.3. The van der Waals surface area contributed by atoms with Crippen LogP contribution in [0, 0.1) is 5.92 Å². The van der Waals surface area contributed by atoms with Gasteiger partial charge in [0.05, 0.1) is 0 Å². The van der Waals surface area contributed by atoms with Gasteiger partial charge in [0.1, 0.15) is 5.60 Å². The molecule has 0 fully saturated rings. The molecule has 118 valence electrons. The molecule has 0 aromatic heterocycles. The number of hydrogen-bond acceptors (Lipinski definition) is 4. The van der Waals surface area contributed by atoms with Crippen LogP contribution in [-0.4, -0.2) is 40.0 Å². The summed E-state index contributed by atoms with van der Waals surface area (Å²) in [5.41, 5.74) is -0.494. The van der Waals surface area contributed by atoms with Gasteiger partial charge in [0, 0.05) is 24.8 Å². The zero-order valence-corrected chi connectivity index (χ0v) is 14.9. The SMILES string of the molecule is CC(CC(=O)SC(C)(C)C)CN(C)C(=O)OC(C)(C)C. The van der Waals surface area contributed by atoms with Crippen molar-refractivity contribution in [2.24, 2.45) is 5.92 Å². The molecule has 0 saturated heterocycles. The first-order chi connectivity index (χ1) is 8.80. The Bertz CT molecular complexity index is 342. The van der Waals surface area contributed by atoms with E-state index in [0.29, 0.717) is 13.0 Å².